The number of hydrogen-bond donors (Lipinski definition) is 1. The van der Waals surface area contributed by atoms with Crippen molar-refractivity contribution in [3.63, 3.8) is 0 Å². The molecule has 0 unspecified atom stereocenters. The lowest BCUT2D eigenvalue weighted by molar-refractivity contribution is -0.137. The SMILES string of the molecule is Cn1nccc1-c1cncc(CNC(=O)CCc2ccc(C(F)(F)F)cc2)c1. The van der Waals surface area contributed by atoms with Crippen LogP contribution in [0.15, 0.2) is 55.0 Å². The number of carbonyl (C=O) groups is 1. The molecule has 0 radical (unpaired) electrons. The number of amides is 1. The van der Waals surface area contributed by atoms with Gasteiger partial charge >= 0.3 is 6.18 Å². The van der Waals surface area contributed by atoms with E-state index in [1.165, 1.54) is 12.1 Å². The van der Waals surface area contributed by atoms with Crippen LogP contribution in [0.5, 0.6) is 0 Å². The zero-order chi connectivity index (χ0) is 20.1. The van der Waals surface area contributed by atoms with E-state index < -0.39 is 11.7 Å². The second-order valence-corrected chi connectivity index (χ2v) is 6.39. The van der Waals surface area contributed by atoms with Gasteiger partial charge in [0.25, 0.3) is 0 Å². The van der Waals surface area contributed by atoms with Gasteiger partial charge in [-0.3, -0.25) is 14.5 Å². The fourth-order valence-corrected chi connectivity index (χ4v) is 2.79. The zero-order valence-corrected chi connectivity index (χ0v) is 15.2. The van der Waals surface area contributed by atoms with Crippen molar-refractivity contribution in [2.75, 3.05) is 0 Å². The number of rotatable bonds is 6. The highest BCUT2D eigenvalue weighted by Gasteiger charge is 2.29. The average Bonchev–Trinajstić information content (AvgIpc) is 3.10. The number of carbonyl (C=O) groups excluding carboxylic acids is 1. The average molecular weight is 388 g/mol. The highest BCUT2D eigenvalue weighted by Crippen LogP contribution is 2.29. The van der Waals surface area contributed by atoms with Gasteiger partial charge in [-0.25, -0.2) is 0 Å². The number of aryl methyl sites for hydroxylation is 2. The van der Waals surface area contributed by atoms with Crippen LogP contribution in [-0.4, -0.2) is 20.7 Å². The van der Waals surface area contributed by atoms with Crippen molar-refractivity contribution in [3.05, 3.63) is 71.7 Å². The molecular formula is C20H19F3N4O. The van der Waals surface area contributed by atoms with Gasteiger partial charge in [-0.1, -0.05) is 12.1 Å². The maximum atomic E-state index is 12.6. The quantitative estimate of drug-likeness (QED) is 0.700. The van der Waals surface area contributed by atoms with Crippen LogP contribution in [0, 0.1) is 0 Å². The van der Waals surface area contributed by atoms with Gasteiger partial charge in [0, 0.05) is 44.2 Å². The molecule has 0 aliphatic rings. The van der Waals surface area contributed by atoms with Crippen LogP contribution in [0.3, 0.4) is 0 Å². The second-order valence-electron chi connectivity index (χ2n) is 6.39. The Hall–Kier alpha value is -3.16. The van der Waals surface area contributed by atoms with Crippen molar-refractivity contribution in [1.82, 2.24) is 20.1 Å². The first-order chi connectivity index (χ1) is 13.3. The van der Waals surface area contributed by atoms with Crippen LogP contribution in [0.2, 0.25) is 0 Å². The minimum atomic E-state index is -4.35. The van der Waals surface area contributed by atoms with E-state index >= 15 is 0 Å². The number of aromatic nitrogens is 3. The summed E-state index contributed by atoms with van der Waals surface area (Å²) in [6, 6.07) is 8.67. The number of nitrogens with zero attached hydrogens (tertiary/aromatic N) is 3. The van der Waals surface area contributed by atoms with Gasteiger partial charge in [-0.2, -0.15) is 18.3 Å². The first kappa shape index (κ1) is 19.6. The first-order valence-electron chi connectivity index (χ1n) is 8.68. The Bertz CT molecular complexity index is 949. The van der Waals surface area contributed by atoms with Crippen LogP contribution in [0.4, 0.5) is 13.2 Å². The number of alkyl halides is 3. The fraction of sp³-hybridized carbons (Fsp3) is 0.250. The summed E-state index contributed by atoms with van der Waals surface area (Å²) in [6.07, 6.45) is 1.32. The third-order valence-corrected chi connectivity index (χ3v) is 4.32. The van der Waals surface area contributed by atoms with Crippen LogP contribution in [0.1, 0.15) is 23.1 Å². The Morgan fingerprint density at radius 1 is 1.11 bits per heavy atom. The summed E-state index contributed by atoms with van der Waals surface area (Å²) >= 11 is 0. The molecule has 0 bridgehead atoms. The Labute approximate surface area is 160 Å². The van der Waals surface area contributed by atoms with Crippen molar-refractivity contribution < 1.29 is 18.0 Å². The highest BCUT2D eigenvalue weighted by molar-refractivity contribution is 5.76. The molecule has 3 rings (SSSR count). The summed E-state index contributed by atoms with van der Waals surface area (Å²) in [4.78, 5) is 16.3. The number of hydrogen-bond acceptors (Lipinski definition) is 3. The molecule has 0 spiro atoms. The van der Waals surface area contributed by atoms with Crippen LogP contribution in [0.25, 0.3) is 11.3 Å². The van der Waals surface area contributed by atoms with Gasteiger partial charge < -0.3 is 5.32 Å². The molecule has 0 saturated heterocycles. The fourth-order valence-electron chi connectivity index (χ4n) is 2.79. The summed E-state index contributed by atoms with van der Waals surface area (Å²) in [5.41, 5.74) is 2.66. The largest absolute Gasteiger partial charge is 0.416 e. The molecule has 2 aromatic heterocycles. The predicted molar refractivity (Wildman–Crippen MR) is 98.1 cm³/mol. The predicted octanol–water partition coefficient (Wildman–Crippen LogP) is 3.75. The summed E-state index contributed by atoms with van der Waals surface area (Å²) in [5.74, 6) is -0.175. The lowest BCUT2D eigenvalue weighted by Crippen LogP contribution is -2.23. The lowest BCUT2D eigenvalue weighted by Gasteiger charge is -2.09. The molecule has 0 fully saturated rings. The van der Waals surface area contributed by atoms with Gasteiger partial charge in [0.15, 0.2) is 0 Å². The Morgan fingerprint density at radius 3 is 2.50 bits per heavy atom. The monoisotopic (exact) mass is 388 g/mol. The van der Waals surface area contributed by atoms with Crippen LogP contribution in [-0.2, 0) is 31.0 Å². The minimum Gasteiger partial charge on any atom is -0.352 e. The van der Waals surface area contributed by atoms with Crippen molar-refractivity contribution in [2.45, 2.75) is 25.6 Å². The van der Waals surface area contributed by atoms with Crippen molar-refractivity contribution in [3.8, 4) is 11.3 Å². The Morgan fingerprint density at radius 2 is 1.86 bits per heavy atom. The lowest BCUT2D eigenvalue weighted by atomic mass is 10.1. The molecule has 2 heterocycles. The van der Waals surface area contributed by atoms with E-state index in [1.54, 1.807) is 23.3 Å². The van der Waals surface area contributed by atoms with Crippen molar-refractivity contribution in [2.24, 2.45) is 7.05 Å². The second kappa shape index (κ2) is 8.24. The maximum Gasteiger partial charge on any atom is 0.416 e. The molecule has 1 amide bonds. The van der Waals surface area contributed by atoms with Crippen molar-refractivity contribution >= 4 is 5.91 Å². The van der Waals surface area contributed by atoms with E-state index in [0.29, 0.717) is 18.5 Å². The molecule has 1 aromatic carbocycles. The first-order valence-corrected chi connectivity index (χ1v) is 8.68. The number of pyridine rings is 1. The molecule has 0 aliphatic heterocycles. The van der Waals surface area contributed by atoms with E-state index in [2.05, 4.69) is 15.4 Å². The third kappa shape index (κ3) is 4.97. The molecule has 3 aromatic rings. The molecular weight excluding hydrogens is 369 g/mol. The molecule has 28 heavy (non-hydrogen) atoms. The molecule has 1 N–H and O–H groups in total. The topological polar surface area (TPSA) is 59.8 Å². The number of halogens is 3. The van der Waals surface area contributed by atoms with Gasteiger partial charge in [0.05, 0.1) is 11.3 Å². The molecule has 0 saturated carbocycles. The Balaban J connectivity index is 1.51. The van der Waals surface area contributed by atoms with Gasteiger partial charge in [0.1, 0.15) is 0 Å². The summed E-state index contributed by atoms with van der Waals surface area (Å²) in [5, 5.41) is 6.94. The number of benzene rings is 1. The standard InChI is InChI=1S/C20H19F3N4O/c1-27-18(8-9-26-27)16-10-15(11-24-13-16)12-25-19(28)7-4-14-2-5-17(6-3-14)20(21,22)23/h2-3,5-6,8-11,13H,4,7,12H2,1H3,(H,25,28). The van der Waals surface area contributed by atoms with E-state index in [0.717, 1.165) is 29.0 Å². The molecule has 0 atom stereocenters. The van der Waals surface area contributed by atoms with Gasteiger partial charge in [0.2, 0.25) is 5.91 Å². The van der Waals surface area contributed by atoms with E-state index in [1.807, 2.05) is 19.2 Å². The Kier molecular flexibility index (Phi) is 5.77. The molecule has 146 valence electrons. The molecule has 8 heteroatoms. The number of nitrogens with one attached hydrogen (secondary N) is 1. The summed E-state index contributed by atoms with van der Waals surface area (Å²) < 4.78 is 39.4. The summed E-state index contributed by atoms with van der Waals surface area (Å²) in [7, 11) is 1.84. The summed E-state index contributed by atoms with van der Waals surface area (Å²) in [6.45, 7) is 0.324. The van der Waals surface area contributed by atoms with Crippen LogP contribution >= 0.6 is 0 Å². The van der Waals surface area contributed by atoms with Crippen molar-refractivity contribution in [1.29, 1.82) is 0 Å². The zero-order valence-electron chi connectivity index (χ0n) is 15.2. The van der Waals surface area contributed by atoms with Gasteiger partial charge in [-0.15, -0.1) is 0 Å². The molecule has 5 nitrogen and oxygen atoms in total. The third-order valence-electron chi connectivity index (χ3n) is 4.32. The van der Waals surface area contributed by atoms with Gasteiger partial charge in [-0.05, 0) is 41.8 Å². The van der Waals surface area contributed by atoms with E-state index in [9.17, 15) is 18.0 Å². The normalized spacial score (nSPS) is 11.4. The smallest absolute Gasteiger partial charge is 0.352 e. The minimum absolute atomic E-state index is 0.175. The van der Waals surface area contributed by atoms with E-state index in [-0.39, 0.29) is 12.3 Å². The highest BCUT2D eigenvalue weighted by atomic mass is 19.4. The maximum absolute atomic E-state index is 12.6. The van der Waals surface area contributed by atoms with Crippen LogP contribution < -0.4 is 5.32 Å². The van der Waals surface area contributed by atoms with E-state index in [4.69, 9.17) is 0 Å². The molecule has 0 aliphatic carbocycles.